The molecule has 7 nitrogen and oxygen atoms in total. The van der Waals surface area contributed by atoms with E-state index < -0.39 is 0 Å². The Labute approximate surface area is 222 Å². The first-order chi connectivity index (χ1) is 18.6. The Balaban J connectivity index is 1.16. The van der Waals surface area contributed by atoms with Gasteiger partial charge in [0.15, 0.2) is 11.5 Å². The number of carbonyl (C=O) groups is 1. The molecule has 2 aliphatic heterocycles. The Morgan fingerprint density at radius 3 is 2.71 bits per heavy atom. The van der Waals surface area contributed by atoms with E-state index in [9.17, 15) is 4.79 Å². The lowest BCUT2D eigenvalue weighted by molar-refractivity contribution is -0.117. The lowest BCUT2D eigenvalue weighted by atomic mass is 10.1. The zero-order valence-corrected chi connectivity index (χ0v) is 22.0. The first kappa shape index (κ1) is 24.3. The molecule has 196 valence electrons. The molecule has 0 bridgehead atoms. The Bertz CT molecular complexity index is 1480. The summed E-state index contributed by atoms with van der Waals surface area (Å²) in [5, 5.41) is 0. The van der Waals surface area contributed by atoms with Crippen LogP contribution in [0.4, 0.5) is 5.69 Å². The second-order valence-corrected chi connectivity index (χ2v) is 10.1. The summed E-state index contributed by atoms with van der Waals surface area (Å²) in [5.41, 5.74) is 5.37. The van der Waals surface area contributed by atoms with Crippen molar-refractivity contribution in [3.63, 3.8) is 0 Å². The molecule has 2 aliphatic rings. The van der Waals surface area contributed by atoms with Crippen molar-refractivity contribution in [2.75, 3.05) is 31.3 Å². The second kappa shape index (κ2) is 10.4. The highest BCUT2D eigenvalue weighted by atomic mass is 16.6. The summed E-state index contributed by atoms with van der Waals surface area (Å²) in [6.07, 6.45) is 2.34. The predicted molar refractivity (Wildman–Crippen MR) is 148 cm³/mol. The summed E-state index contributed by atoms with van der Waals surface area (Å²) < 4.78 is 19.8. The molecular weight excluding hydrogens is 478 g/mol. The van der Waals surface area contributed by atoms with E-state index in [1.54, 1.807) is 0 Å². The van der Waals surface area contributed by atoms with Crippen LogP contribution in [0.25, 0.3) is 11.0 Å². The predicted octanol–water partition coefficient (Wildman–Crippen LogP) is 5.80. The monoisotopic (exact) mass is 511 g/mol. The average Bonchev–Trinajstić information content (AvgIpc) is 3.51. The smallest absolute Gasteiger partial charge is 0.227 e. The van der Waals surface area contributed by atoms with Gasteiger partial charge in [0.05, 0.1) is 17.6 Å². The minimum absolute atomic E-state index is 0.0225. The number of imidazole rings is 1. The number of unbranched alkanes of at least 4 members (excludes halogenated alkanes) is 1. The van der Waals surface area contributed by atoms with Gasteiger partial charge in [-0.3, -0.25) is 4.79 Å². The zero-order chi connectivity index (χ0) is 26.1. The standard InChI is InChI=1S/C31H33N3O4/c1-21-8-7-11-27(22(21)2)36-15-6-5-14-33-26-10-4-3-9-25(26)32-31(33)23-18-30(35)34(20-23)24-12-13-28-29(19-24)38-17-16-37-28/h3-4,7-13,19,23H,5-6,14-18,20H2,1-2H3. The molecule has 4 aromatic rings. The maximum atomic E-state index is 13.1. The third kappa shape index (κ3) is 4.69. The number of aromatic nitrogens is 2. The summed E-state index contributed by atoms with van der Waals surface area (Å²) in [6, 6.07) is 20.2. The van der Waals surface area contributed by atoms with Crippen LogP contribution in [-0.4, -0.2) is 41.8 Å². The van der Waals surface area contributed by atoms with Crippen LogP contribution in [-0.2, 0) is 11.3 Å². The number of aryl methyl sites for hydroxylation is 2. The molecule has 38 heavy (non-hydrogen) atoms. The molecule has 3 aromatic carbocycles. The molecule has 3 heterocycles. The van der Waals surface area contributed by atoms with E-state index in [1.165, 1.54) is 11.1 Å². The van der Waals surface area contributed by atoms with Gasteiger partial charge in [-0.25, -0.2) is 4.98 Å². The largest absolute Gasteiger partial charge is 0.493 e. The van der Waals surface area contributed by atoms with E-state index in [2.05, 4.69) is 36.6 Å². The molecule has 0 aliphatic carbocycles. The van der Waals surface area contributed by atoms with Crippen molar-refractivity contribution < 1.29 is 19.0 Å². The Morgan fingerprint density at radius 2 is 1.82 bits per heavy atom. The van der Waals surface area contributed by atoms with Gasteiger partial charge in [0, 0.05) is 37.2 Å². The number of benzene rings is 3. The topological polar surface area (TPSA) is 65.8 Å². The summed E-state index contributed by atoms with van der Waals surface area (Å²) >= 11 is 0. The highest BCUT2D eigenvalue weighted by molar-refractivity contribution is 5.97. The Kier molecular flexibility index (Phi) is 6.66. The number of hydrogen-bond donors (Lipinski definition) is 0. The van der Waals surface area contributed by atoms with Crippen molar-refractivity contribution in [3.05, 3.63) is 77.6 Å². The van der Waals surface area contributed by atoms with Crippen molar-refractivity contribution in [1.82, 2.24) is 9.55 Å². The molecule has 0 saturated carbocycles. The first-order valence-electron chi connectivity index (χ1n) is 13.4. The van der Waals surface area contributed by atoms with Gasteiger partial charge in [-0.1, -0.05) is 24.3 Å². The molecule has 1 fully saturated rings. The SMILES string of the molecule is Cc1cccc(OCCCCn2c(C3CC(=O)N(c4ccc5c(c4)OCCO5)C3)nc3ccccc32)c1C. The van der Waals surface area contributed by atoms with Crippen LogP contribution in [0.15, 0.2) is 60.7 Å². The summed E-state index contributed by atoms with van der Waals surface area (Å²) in [6.45, 7) is 7.38. The van der Waals surface area contributed by atoms with E-state index in [4.69, 9.17) is 19.2 Å². The maximum absolute atomic E-state index is 13.1. The number of ether oxygens (including phenoxy) is 3. The van der Waals surface area contributed by atoms with E-state index in [-0.39, 0.29) is 11.8 Å². The molecule has 1 atom stereocenters. The molecule has 0 radical (unpaired) electrons. The van der Waals surface area contributed by atoms with Gasteiger partial charge >= 0.3 is 0 Å². The number of amides is 1. The van der Waals surface area contributed by atoms with Crippen molar-refractivity contribution in [3.8, 4) is 17.2 Å². The van der Waals surface area contributed by atoms with Gasteiger partial charge in [0.25, 0.3) is 0 Å². The van der Waals surface area contributed by atoms with Crippen molar-refractivity contribution >= 4 is 22.6 Å². The first-order valence-corrected chi connectivity index (χ1v) is 13.4. The van der Waals surface area contributed by atoms with E-state index >= 15 is 0 Å². The van der Waals surface area contributed by atoms with Crippen LogP contribution in [0.1, 0.15) is 42.1 Å². The highest BCUT2D eigenvalue weighted by Crippen LogP contribution is 2.38. The Hall–Kier alpha value is -4.00. The van der Waals surface area contributed by atoms with E-state index in [0.717, 1.165) is 53.4 Å². The van der Waals surface area contributed by atoms with Crippen molar-refractivity contribution in [2.45, 2.75) is 45.6 Å². The molecule has 0 spiro atoms. The molecule has 1 saturated heterocycles. The third-order valence-electron chi connectivity index (χ3n) is 7.60. The molecule has 6 rings (SSSR count). The van der Waals surface area contributed by atoms with E-state index in [1.807, 2.05) is 47.4 Å². The minimum Gasteiger partial charge on any atom is -0.493 e. The summed E-state index contributed by atoms with van der Waals surface area (Å²) in [4.78, 5) is 20.0. The molecule has 1 unspecified atom stereocenters. The quantitative estimate of drug-likeness (QED) is 0.280. The number of hydrogen-bond acceptors (Lipinski definition) is 5. The van der Waals surface area contributed by atoms with Crippen LogP contribution in [0.5, 0.6) is 17.2 Å². The summed E-state index contributed by atoms with van der Waals surface area (Å²) in [7, 11) is 0. The number of rotatable bonds is 8. The van der Waals surface area contributed by atoms with Gasteiger partial charge in [0.1, 0.15) is 24.8 Å². The average molecular weight is 512 g/mol. The maximum Gasteiger partial charge on any atom is 0.227 e. The number of carbonyl (C=O) groups excluding carboxylic acids is 1. The zero-order valence-electron chi connectivity index (χ0n) is 22.0. The van der Waals surface area contributed by atoms with Gasteiger partial charge in [-0.2, -0.15) is 0 Å². The fourth-order valence-corrected chi connectivity index (χ4v) is 5.41. The summed E-state index contributed by atoms with van der Waals surface area (Å²) in [5.74, 6) is 3.49. The lowest BCUT2D eigenvalue weighted by Crippen LogP contribution is -2.25. The van der Waals surface area contributed by atoms with Crippen LogP contribution in [0.2, 0.25) is 0 Å². The van der Waals surface area contributed by atoms with Gasteiger partial charge in [-0.15, -0.1) is 0 Å². The number of anilines is 1. The van der Waals surface area contributed by atoms with Crippen LogP contribution in [0.3, 0.4) is 0 Å². The normalized spacial score (nSPS) is 16.8. The molecule has 0 N–H and O–H groups in total. The van der Waals surface area contributed by atoms with Crippen LogP contribution < -0.4 is 19.1 Å². The fourth-order valence-electron chi connectivity index (χ4n) is 5.41. The lowest BCUT2D eigenvalue weighted by Gasteiger charge is -2.22. The number of para-hydroxylation sites is 2. The fraction of sp³-hybridized carbons (Fsp3) is 0.355. The van der Waals surface area contributed by atoms with Crippen LogP contribution >= 0.6 is 0 Å². The minimum atomic E-state index is 0.0225. The van der Waals surface area contributed by atoms with Gasteiger partial charge in [-0.05, 0) is 68.1 Å². The van der Waals surface area contributed by atoms with Crippen LogP contribution in [0, 0.1) is 13.8 Å². The third-order valence-corrected chi connectivity index (χ3v) is 7.60. The number of fused-ring (bicyclic) bond motifs is 2. The molecular formula is C31H33N3O4. The Morgan fingerprint density at radius 1 is 0.974 bits per heavy atom. The highest BCUT2D eigenvalue weighted by Gasteiger charge is 2.35. The molecule has 1 amide bonds. The number of nitrogens with zero attached hydrogens (tertiary/aromatic N) is 3. The van der Waals surface area contributed by atoms with Gasteiger partial charge < -0.3 is 23.7 Å². The second-order valence-electron chi connectivity index (χ2n) is 10.1. The van der Waals surface area contributed by atoms with E-state index in [0.29, 0.717) is 38.5 Å². The van der Waals surface area contributed by atoms with Crippen molar-refractivity contribution in [1.29, 1.82) is 0 Å². The van der Waals surface area contributed by atoms with Gasteiger partial charge in [0.2, 0.25) is 5.91 Å². The molecule has 1 aromatic heterocycles. The molecule has 7 heteroatoms. The van der Waals surface area contributed by atoms with Crippen molar-refractivity contribution in [2.24, 2.45) is 0 Å².